The molecule has 1 aromatic heterocycles. The quantitative estimate of drug-likeness (QED) is 0.849. The number of aromatic nitrogens is 1. The Bertz CT molecular complexity index is 521. The predicted molar refractivity (Wildman–Crippen MR) is 78.4 cm³/mol. The van der Waals surface area contributed by atoms with E-state index in [1.54, 1.807) is 17.1 Å². The molecule has 0 unspecified atom stereocenters. The van der Waals surface area contributed by atoms with Crippen molar-refractivity contribution in [2.45, 2.75) is 25.3 Å². The van der Waals surface area contributed by atoms with E-state index >= 15 is 0 Å². The highest BCUT2D eigenvalue weighted by molar-refractivity contribution is 8.14. The summed E-state index contributed by atoms with van der Waals surface area (Å²) in [6.07, 6.45) is 1.98. The summed E-state index contributed by atoms with van der Waals surface area (Å²) in [4.78, 5) is 20.2. The normalized spacial score (nSPS) is 21.4. The number of hydrogen-bond donors (Lipinski definition) is 1. The number of anilines is 1. The summed E-state index contributed by atoms with van der Waals surface area (Å²) < 4.78 is 5.39. The number of amidine groups is 1. The first-order valence-electron chi connectivity index (χ1n) is 6.21. The second-order valence-electron chi connectivity index (χ2n) is 4.76. The number of carbonyl (C=O) groups is 1. The third-order valence-electron chi connectivity index (χ3n) is 3.32. The maximum absolute atomic E-state index is 11.2. The number of thiazole rings is 1. The van der Waals surface area contributed by atoms with Crippen molar-refractivity contribution in [2.24, 2.45) is 4.99 Å². The molecule has 0 aromatic carbocycles. The molecule has 3 rings (SSSR count). The molecule has 0 radical (unpaired) electrons. The van der Waals surface area contributed by atoms with E-state index in [2.05, 4.69) is 10.3 Å². The second-order valence-corrected chi connectivity index (χ2v) is 6.58. The van der Waals surface area contributed by atoms with Gasteiger partial charge < -0.3 is 10.1 Å². The van der Waals surface area contributed by atoms with Gasteiger partial charge in [0, 0.05) is 31.3 Å². The minimum Gasteiger partial charge on any atom is -0.381 e. The number of ether oxygens (including phenoxy) is 1. The molecule has 0 atom stereocenters. The molecule has 0 saturated carbocycles. The Morgan fingerprint density at radius 3 is 2.95 bits per heavy atom. The lowest BCUT2D eigenvalue weighted by Crippen LogP contribution is -2.34. The van der Waals surface area contributed by atoms with Crippen molar-refractivity contribution >= 4 is 39.2 Å². The number of nitrogens with one attached hydrogen (secondary N) is 1. The van der Waals surface area contributed by atoms with Crippen LogP contribution >= 0.6 is 23.1 Å². The molecule has 1 fully saturated rings. The highest BCUT2D eigenvalue weighted by atomic mass is 32.2. The summed E-state index contributed by atoms with van der Waals surface area (Å²) in [5, 5.41) is 6.63. The third kappa shape index (κ3) is 2.82. The zero-order valence-corrected chi connectivity index (χ0v) is 12.3. The highest BCUT2D eigenvalue weighted by Crippen LogP contribution is 2.36. The monoisotopic (exact) mass is 297 g/mol. The molecule has 0 amide bonds. The van der Waals surface area contributed by atoms with Crippen LogP contribution in [0.15, 0.2) is 10.4 Å². The Morgan fingerprint density at radius 2 is 2.26 bits per heavy atom. The zero-order chi connectivity index (χ0) is 13.3. The van der Waals surface area contributed by atoms with E-state index in [4.69, 9.17) is 9.73 Å². The van der Waals surface area contributed by atoms with Gasteiger partial charge in [-0.15, -0.1) is 11.3 Å². The van der Waals surface area contributed by atoms with Crippen LogP contribution in [0.3, 0.4) is 0 Å². The molecule has 0 bridgehead atoms. The van der Waals surface area contributed by atoms with Gasteiger partial charge in [-0.2, -0.15) is 0 Å². The molecule has 1 N–H and O–H groups in total. The number of thioether (sulfide) groups is 1. The van der Waals surface area contributed by atoms with Crippen LogP contribution in [-0.4, -0.2) is 40.4 Å². The van der Waals surface area contributed by atoms with E-state index < -0.39 is 0 Å². The van der Waals surface area contributed by atoms with E-state index in [9.17, 15) is 4.79 Å². The van der Waals surface area contributed by atoms with Crippen molar-refractivity contribution in [2.75, 3.05) is 24.3 Å². The van der Waals surface area contributed by atoms with Crippen LogP contribution in [0.25, 0.3) is 0 Å². The molecule has 2 aliphatic rings. The molecule has 1 spiro atoms. The number of carbonyl (C=O) groups excluding carboxylic acids is 1. The van der Waals surface area contributed by atoms with Gasteiger partial charge in [0.25, 0.3) is 0 Å². The van der Waals surface area contributed by atoms with Gasteiger partial charge >= 0.3 is 0 Å². The minimum absolute atomic E-state index is 0.00814. The number of ketones is 1. The summed E-state index contributed by atoms with van der Waals surface area (Å²) in [5.74, 6) is 0.995. The highest BCUT2D eigenvalue weighted by Gasteiger charge is 2.37. The van der Waals surface area contributed by atoms with Crippen molar-refractivity contribution in [1.29, 1.82) is 0 Å². The van der Waals surface area contributed by atoms with Gasteiger partial charge in [-0.3, -0.25) is 9.79 Å². The Morgan fingerprint density at radius 1 is 1.47 bits per heavy atom. The summed E-state index contributed by atoms with van der Waals surface area (Å²) in [6.45, 7) is 3.11. The summed E-state index contributed by atoms with van der Waals surface area (Å²) in [7, 11) is 0. The molecular formula is C12H15N3O2S2. The number of rotatable bonds is 2. The van der Waals surface area contributed by atoms with Crippen LogP contribution in [-0.2, 0) is 4.74 Å². The van der Waals surface area contributed by atoms with E-state index in [-0.39, 0.29) is 11.3 Å². The van der Waals surface area contributed by atoms with Gasteiger partial charge in [-0.1, -0.05) is 11.8 Å². The average Bonchev–Trinajstić information content (AvgIpc) is 2.99. The molecule has 7 heteroatoms. The van der Waals surface area contributed by atoms with Crippen molar-refractivity contribution < 1.29 is 9.53 Å². The van der Waals surface area contributed by atoms with Gasteiger partial charge in [0.1, 0.15) is 5.69 Å². The first-order valence-corrected chi connectivity index (χ1v) is 8.07. The van der Waals surface area contributed by atoms with Crippen LogP contribution in [0, 0.1) is 0 Å². The molecule has 1 saturated heterocycles. The van der Waals surface area contributed by atoms with Crippen molar-refractivity contribution in [3.8, 4) is 0 Å². The van der Waals surface area contributed by atoms with E-state index in [0.717, 1.165) is 42.1 Å². The van der Waals surface area contributed by atoms with Crippen LogP contribution in [0.2, 0.25) is 0 Å². The summed E-state index contributed by atoms with van der Waals surface area (Å²) >= 11 is 3.16. The summed E-state index contributed by atoms with van der Waals surface area (Å²) in [5.41, 5.74) is 0.559. The van der Waals surface area contributed by atoms with Crippen LogP contribution in [0.4, 0.5) is 5.13 Å². The zero-order valence-electron chi connectivity index (χ0n) is 10.6. The number of nitrogens with zero attached hydrogens (tertiary/aromatic N) is 2. The van der Waals surface area contributed by atoms with Crippen molar-refractivity contribution in [1.82, 2.24) is 4.98 Å². The Labute approximate surface area is 119 Å². The molecule has 3 heterocycles. The maximum atomic E-state index is 11.2. The van der Waals surface area contributed by atoms with Gasteiger partial charge in [0.15, 0.2) is 16.1 Å². The Balaban J connectivity index is 1.69. The lowest BCUT2D eigenvalue weighted by molar-refractivity contribution is 0.0624. The molecule has 0 aliphatic carbocycles. The Hall–Kier alpha value is -0.920. The number of aliphatic imine (C=N–C) groups is 1. The molecule has 102 valence electrons. The first-order chi connectivity index (χ1) is 9.17. The van der Waals surface area contributed by atoms with E-state index in [0.29, 0.717) is 5.69 Å². The smallest absolute Gasteiger partial charge is 0.189 e. The molecule has 1 aromatic rings. The Kier molecular flexibility index (Phi) is 3.60. The lowest BCUT2D eigenvalue weighted by Gasteiger charge is -2.29. The van der Waals surface area contributed by atoms with Gasteiger partial charge in [0.05, 0.1) is 5.54 Å². The molecule has 2 aliphatic heterocycles. The second kappa shape index (κ2) is 5.22. The van der Waals surface area contributed by atoms with Crippen LogP contribution < -0.4 is 5.32 Å². The van der Waals surface area contributed by atoms with E-state index in [1.165, 1.54) is 18.3 Å². The first kappa shape index (κ1) is 13.1. The minimum atomic E-state index is -0.00814. The molecular weight excluding hydrogens is 282 g/mol. The van der Waals surface area contributed by atoms with Crippen molar-refractivity contribution in [3.63, 3.8) is 0 Å². The average molecular weight is 297 g/mol. The van der Waals surface area contributed by atoms with Gasteiger partial charge in [0.2, 0.25) is 0 Å². The van der Waals surface area contributed by atoms with Crippen molar-refractivity contribution in [3.05, 3.63) is 11.1 Å². The topological polar surface area (TPSA) is 63.6 Å². The third-order valence-corrected chi connectivity index (χ3v) is 5.22. The van der Waals surface area contributed by atoms with E-state index in [1.807, 2.05) is 0 Å². The fourth-order valence-corrected chi connectivity index (χ4v) is 4.14. The lowest BCUT2D eigenvalue weighted by atomic mass is 9.93. The van der Waals surface area contributed by atoms with Gasteiger partial charge in [-0.25, -0.2) is 4.98 Å². The maximum Gasteiger partial charge on any atom is 0.189 e. The van der Waals surface area contributed by atoms with Crippen LogP contribution in [0.1, 0.15) is 30.3 Å². The summed E-state index contributed by atoms with van der Waals surface area (Å²) in [6, 6.07) is 0. The SMILES string of the molecule is CC(=O)c1csc(NC2=NC3(CCOCC3)CS2)n1. The fraction of sp³-hybridized carbons (Fsp3) is 0.583. The fourth-order valence-electron chi connectivity index (χ4n) is 2.14. The predicted octanol–water partition coefficient (Wildman–Crippen LogP) is 2.41. The standard InChI is InChI=1S/C12H15N3O2S2/c1-8(16)9-6-18-10(13-9)14-11-15-12(7-19-11)2-4-17-5-3-12/h6H,2-5,7H2,1H3,(H,13,14,15). The molecule has 5 nitrogen and oxygen atoms in total. The van der Waals surface area contributed by atoms with Gasteiger partial charge in [-0.05, 0) is 12.8 Å². The largest absolute Gasteiger partial charge is 0.381 e. The number of Topliss-reactive ketones (excluding diaryl/α,β-unsaturated/α-hetero) is 1. The number of hydrogen-bond acceptors (Lipinski definition) is 7. The van der Waals surface area contributed by atoms with Crippen LogP contribution in [0.5, 0.6) is 0 Å². The molecule has 19 heavy (non-hydrogen) atoms.